The molecule has 142 valence electrons. The molecule has 0 bridgehead atoms. The largest absolute Gasteiger partial charge is 0.506 e. The Morgan fingerprint density at radius 1 is 1.30 bits per heavy atom. The van der Waals surface area contributed by atoms with Crippen LogP contribution in [0.1, 0.15) is 22.5 Å². The van der Waals surface area contributed by atoms with E-state index in [-0.39, 0.29) is 37.4 Å². The number of carbonyl (C=O) groups is 2. The van der Waals surface area contributed by atoms with Crippen LogP contribution in [0, 0.1) is 11.2 Å². The zero-order valence-electron chi connectivity index (χ0n) is 14.4. The van der Waals surface area contributed by atoms with Crippen molar-refractivity contribution < 1.29 is 29.3 Å². The lowest BCUT2D eigenvalue weighted by Crippen LogP contribution is -2.58. The summed E-state index contributed by atoms with van der Waals surface area (Å²) in [4.78, 5) is 29.9. The second-order valence-corrected chi connectivity index (χ2v) is 6.70. The second kappa shape index (κ2) is 7.32. The molecule has 0 saturated carbocycles. The predicted molar refractivity (Wildman–Crippen MR) is 92.6 cm³/mol. The molecule has 1 fully saturated rings. The number of likely N-dealkylation sites (tertiary alicyclic amines) is 1. The summed E-state index contributed by atoms with van der Waals surface area (Å²) in [6.45, 7) is -0.0673. The van der Waals surface area contributed by atoms with E-state index in [1.54, 1.807) is 6.07 Å². The van der Waals surface area contributed by atoms with Gasteiger partial charge in [-0.2, -0.15) is 0 Å². The number of halogens is 1. The number of nitrogens with zero attached hydrogens (tertiary/aromatic N) is 2. The van der Waals surface area contributed by atoms with Gasteiger partial charge in [0.05, 0.1) is 12.3 Å². The number of piperidine rings is 1. The number of benzene rings is 1. The average Bonchev–Trinajstić information content (AvgIpc) is 2.63. The monoisotopic (exact) mass is 374 g/mol. The molecule has 0 aliphatic carbocycles. The minimum Gasteiger partial charge on any atom is -0.506 e. The van der Waals surface area contributed by atoms with Gasteiger partial charge >= 0.3 is 5.97 Å². The first-order valence-corrected chi connectivity index (χ1v) is 8.42. The van der Waals surface area contributed by atoms with Crippen molar-refractivity contribution in [1.29, 1.82) is 0 Å². The number of aliphatic carboxylic acids is 1. The molecule has 2 atom stereocenters. The Labute approximate surface area is 154 Å². The normalized spacial score (nSPS) is 22.4. The van der Waals surface area contributed by atoms with Gasteiger partial charge in [0.15, 0.2) is 0 Å². The maximum absolute atomic E-state index is 13.5. The summed E-state index contributed by atoms with van der Waals surface area (Å²) in [5.41, 5.74) is -1.17. The maximum atomic E-state index is 13.5. The zero-order valence-corrected chi connectivity index (χ0v) is 14.4. The summed E-state index contributed by atoms with van der Waals surface area (Å²) in [6.07, 6.45) is -0.0991. The Kier molecular flexibility index (Phi) is 5.09. The third-order valence-electron chi connectivity index (χ3n) is 4.87. The second-order valence-electron chi connectivity index (χ2n) is 6.70. The summed E-state index contributed by atoms with van der Waals surface area (Å²) in [5.74, 6) is -2.34. The number of hydrogen-bond acceptors (Lipinski definition) is 5. The Morgan fingerprint density at radius 3 is 2.70 bits per heavy atom. The lowest BCUT2D eigenvalue weighted by Gasteiger charge is -2.43. The fraction of sp³-hybridized carbons (Fsp3) is 0.316. The van der Waals surface area contributed by atoms with Gasteiger partial charge in [0, 0.05) is 13.1 Å². The Balaban J connectivity index is 1.89. The molecule has 27 heavy (non-hydrogen) atoms. The highest BCUT2D eigenvalue weighted by molar-refractivity contribution is 5.93. The van der Waals surface area contributed by atoms with Crippen molar-refractivity contribution >= 4 is 11.9 Å². The van der Waals surface area contributed by atoms with E-state index in [0.717, 1.165) is 6.20 Å². The number of carbonyl (C=O) groups excluding carboxylic acids is 1. The van der Waals surface area contributed by atoms with Crippen molar-refractivity contribution in [2.24, 2.45) is 5.41 Å². The average molecular weight is 374 g/mol. The molecule has 1 saturated heterocycles. The van der Waals surface area contributed by atoms with Crippen molar-refractivity contribution in [2.45, 2.75) is 18.9 Å². The van der Waals surface area contributed by atoms with Gasteiger partial charge in [0.2, 0.25) is 0 Å². The minimum absolute atomic E-state index is 0.0641. The van der Waals surface area contributed by atoms with Gasteiger partial charge in [0.1, 0.15) is 22.7 Å². The summed E-state index contributed by atoms with van der Waals surface area (Å²) >= 11 is 0. The van der Waals surface area contributed by atoms with E-state index >= 15 is 0 Å². The van der Waals surface area contributed by atoms with Crippen LogP contribution in [0.15, 0.2) is 42.6 Å². The predicted octanol–water partition coefficient (Wildman–Crippen LogP) is 1.45. The smallest absolute Gasteiger partial charge is 0.314 e. The van der Waals surface area contributed by atoms with Crippen molar-refractivity contribution in [1.82, 2.24) is 9.88 Å². The molecule has 1 aliphatic heterocycles. The maximum Gasteiger partial charge on any atom is 0.314 e. The summed E-state index contributed by atoms with van der Waals surface area (Å²) in [5, 5.41) is 29.6. The van der Waals surface area contributed by atoms with Crippen LogP contribution in [-0.2, 0) is 11.2 Å². The number of carboxylic acid groups (broad SMARTS) is 1. The van der Waals surface area contributed by atoms with E-state index in [9.17, 15) is 29.3 Å². The molecule has 1 aromatic heterocycles. The topological polar surface area (TPSA) is 111 Å². The first-order chi connectivity index (χ1) is 12.8. The molecule has 3 rings (SSSR count). The molecule has 8 heteroatoms. The fourth-order valence-corrected chi connectivity index (χ4v) is 3.40. The summed E-state index contributed by atoms with van der Waals surface area (Å²) in [6, 6.07) is 8.19. The van der Waals surface area contributed by atoms with Crippen LogP contribution in [0.4, 0.5) is 4.39 Å². The van der Waals surface area contributed by atoms with Gasteiger partial charge in [-0.3, -0.25) is 9.59 Å². The fourth-order valence-electron chi connectivity index (χ4n) is 3.40. The number of amides is 1. The van der Waals surface area contributed by atoms with Crippen LogP contribution in [0.5, 0.6) is 5.75 Å². The van der Waals surface area contributed by atoms with Crippen molar-refractivity contribution in [3.05, 3.63) is 59.7 Å². The Morgan fingerprint density at radius 2 is 2.07 bits per heavy atom. The first kappa shape index (κ1) is 18.8. The number of carboxylic acids is 1. The van der Waals surface area contributed by atoms with E-state index in [2.05, 4.69) is 4.98 Å². The van der Waals surface area contributed by atoms with Crippen LogP contribution in [0.2, 0.25) is 0 Å². The minimum atomic E-state index is -1.65. The lowest BCUT2D eigenvalue weighted by molar-refractivity contribution is -0.161. The number of aromatic hydroxyl groups is 1. The Bertz CT molecular complexity index is 857. The SMILES string of the molecule is O=C(c1ccc(O)cn1)N1CC[C@H](O)[C@](Cc2cccc(F)c2)(C(=O)O)C1. The van der Waals surface area contributed by atoms with Crippen molar-refractivity contribution in [3.63, 3.8) is 0 Å². The molecule has 1 aliphatic rings. The van der Waals surface area contributed by atoms with Crippen LogP contribution < -0.4 is 0 Å². The van der Waals surface area contributed by atoms with Crippen LogP contribution in [0.25, 0.3) is 0 Å². The highest BCUT2D eigenvalue weighted by Gasteiger charge is 2.50. The van der Waals surface area contributed by atoms with E-state index in [0.29, 0.717) is 5.56 Å². The van der Waals surface area contributed by atoms with Gasteiger partial charge in [0.25, 0.3) is 5.91 Å². The van der Waals surface area contributed by atoms with Crippen molar-refractivity contribution in [3.8, 4) is 5.75 Å². The highest BCUT2D eigenvalue weighted by Crippen LogP contribution is 2.35. The van der Waals surface area contributed by atoms with E-state index < -0.39 is 29.2 Å². The lowest BCUT2D eigenvalue weighted by atomic mass is 9.72. The van der Waals surface area contributed by atoms with Gasteiger partial charge in [-0.15, -0.1) is 0 Å². The highest BCUT2D eigenvalue weighted by atomic mass is 19.1. The molecule has 1 amide bonds. The number of aromatic nitrogens is 1. The number of rotatable bonds is 4. The molecule has 0 spiro atoms. The molecule has 2 heterocycles. The first-order valence-electron chi connectivity index (χ1n) is 8.42. The van der Waals surface area contributed by atoms with Crippen LogP contribution in [-0.4, -0.2) is 56.3 Å². The molecule has 0 unspecified atom stereocenters. The van der Waals surface area contributed by atoms with Gasteiger partial charge in [-0.1, -0.05) is 12.1 Å². The van der Waals surface area contributed by atoms with E-state index in [1.807, 2.05) is 0 Å². The molecule has 2 aromatic rings. The van der Waals surface area contributed by atoms with Gasteiger partial charge in [-0.05, 0) is 42.7 Å². The Hall–Kier alpha value is -3.00. The quantitative estimate of drug-likeness (QED) is 0.747. The number of aliphatic hydroxyl groups excluding tert-OH is 1. The van der Waals surface area contributed by atoms with Crippen LogP contribution in [0.3, 0.4) is 0 Å². The van der Waals surface area contributed by atoms with E-state index in [4.69, 9.17) is 0 Å². The molecular weight excluding hydrogens is 355 g/mol. The summed E-state index contributed by atoms with van der Waals surface area (Å²) < 4.78 is 13.5. The van der Waals surface area contributed by atoms with Gasteiger partial charge < -0.3 is 20.2 Å². The third kappa shape index (κ3) is 3.75. The molecule has 1 aromatic carbocycles. The zero-order chi connectivity index (χ0) is 19.6. The van der Waals surface area contributed by atoms with Crippen LogP contribution >= 0.6 is 0 Å². The molecule has 3 N–H and O–H groups in total. The molecule has 7 nitrogen and oxygen atoms in total. The number of hydrogen-bond donors (Lipinski definition) is 3. The van der Waals surface area contributed by atoms with E-state index in [1.165, 1.54) is 35.2 Å². The molecule has 0 radical (unpaired) electrons. The summed E-state index contributed by atoms with van der Waals surface area (Å²) in [7, 11) is 0. The van der Waals surface area contributed by atoms with Gasteiger partial charge in [-0.25, -0.2) is 9.37 Å². The molecular formula is C19H19FN2O5. The third-order valence-corrected chi connectivity index (χ3v) is 4.87. The number of pyridine rings is 1. The number of aliphatic hydroxyl groups is 1. The standard InChI is InChI=1S/C19H19FN2O5/c20-13-3-1-2-12(8-13)9-19(18(26)27)11-22(7-6-16(19)24)17(25)15-5-4-14(23)10-21-15/h1-5,8,10,16,23-24H,6-7,9,11H2,(H,26,27)/t16-,19+/m0/s1. The van der Waals surface area contributed by atoms with Crippen molar-refractivity contribution in [2.75, 3.05) is 13.1 Å².